The Bertz CT molecular complexity index is 1110. The number of ether oxygens (including phenoxy) is 4. The largest absolute Gasteiger partial charge is 0.462 e. The molecule has 1 aliphatic rings. The van der Waals surface area contributed by atoms with Crippen molar-refractivity contribution in [2.24, 2.45) is 0 Å². The summed E-state index contributed by atoms with van der Waals surface area (Å²) in [6, 6.07) is 0. The molecule has 1 rings (SSSR count). The monoisotopic (exact) mass is 865 g/mol. The van der Waals surface area contributed by atoms with E-state index in [0.29, 0.717) is 12.8 Å². The quantitative estimate of drug-likeness (QED) is 0.0259. The molecule has 13 heteroatoms. The fourth-order valence-corrected chi connectivity index (χ4v) is 8.37. The van der Waals surface area contributed by atoms with Crippen LogP contribution in [0.5, 0.6) is 0 Å². The van der Waals surface area contributed by atoms with E-state index < -0.39 is 71.2 Å². The number of unbranched alkanes of at least 4 members (excludes halogenated alkanes) is 29. The minimum absolute atomic E-state index is 0.173. The smallest absolute Gasteiger partial charge is 0.306 e. The highest BCUT2D eigenvalue weighted by atomic mass is 32.2. The molecule has 0 aromatic carbocycles. The summed E-state index contributed by atoms with van der Waals surface area (Å²) in [5.74, 6) is -1.96. The lowest BCUT2D eigenvalue weighted by Gasteiger charge is -2.40. The molecule has 12 nitrogen and oxygen atoms in total. The number of aliphatic hydroxyl groups is 3. The SMILES string of the molecule is CCCCCCCCCCCCCCCCCCCCC(=O)OC(COC(=O)CCCCCCCCCCCCCCC)COC1OC(CS(=O)(=O)O)C(O)C(O)C1O. The molecule has 1 saturated heterocycles. The molecule has 0 amide bonds. The lowest BCUT2D eigenvalue weighted by atomic mass is 10.00. The van der Waals surface area contributed by atoms with Crippen LogP contribution in [0.25, 0.3) is 0 Å². The van der Waals surface area contributed by atoms with Gasteiger partial charge in [0.25, 0.3) is 10.1 Å². The number of carbonyl (C=O) groups excluding carboxylic acids is 2. The Morgan fingerprint density at radius 2 is 0.864 bits per heavy atom. The summed E-state index contributed by atoms with van der Waals surface area (Å²) in [6.45, 7) is 3.79. The van der Waals surface area contributed by atoms with Crippen LogP contribution in [0.2, 0.25) is 0 Å². The predicted octanol–water partition coefficient (Wildman–Crippen LogP) is 10.1. The van der Waals surface area contributed by atoms with Crippen molar-refractivity contribution < 1.29 is 56.8 Å². The van der Waals surface area contributed by atoms with Crippen molar-refractivity contribution in [3.63, 3.8) is 0 Å². The van der Waals surface area contributed by atoms with E-state index in [1.807, 2.05) is 0 Å². The maximum Gasteiger partial charge on any atom is 0.306 e. The third-order valence-corrected chi connectivity index (χ3v) is 12.2. The third kappa shape index (κ3) is 32.1. The first-order valence-corrected chi connectivity index (χ1v) is 25.7. The predicted molar refractivity (Wildman–Crippen MR) is 234 cm³/mol. The molecule has 4 N–H and O–H groups in total. The van der Waals surface area contributed by atoms with Crippen LogP contribution in [0, 0.1) is 0 Å². The summed E-state index contributed by atoms with van der Waals surface area (Å²) in [5.41, 5.74) is 0. The fourth-order valence-electron chi connectivity index (χ4n) is 7.68. The minimum Gasteiger partial charge on any atom is -0.462 e. The minimum atomic E-state index is -4.60. The second-order valence-corrected chi connectivity index (χ2v) is 18.6. The Labute approximate surface area is 359 Å². The van der Waals surface area contributed by atoms with Gasteiger partial charge in [0.2, 0.25) is 0 Å². The van der Waals surface area contributed by atoms with Crippen molar-refractivity contribution in [1.82, 2.24) is 0 Å². The van der Waals surface area contributed by atoms with E-state index in [4.69, 9.17) is 18.9 Å². The number of hydrogen-bond donors (Lipinski definition) is 4. The van der Waals surface area contributed by atoms with Crippen LogP contribution in [0.3, 0.4) is 0 Å². The molecule has 1 fully saturated rings. The average Bonchev–Trinajstić information content (AvgIpc) is 3.20. The van der Waals surface area contributed by atoms with Crippen molar-refractivity contribution in [1.29, 1.82) is 0 Å². The first-order valence-electron chi connectivity index (χ1n) is 24.1. The number of rotatable bonds is 41. The number of carbonyl (C=O) groups is 2. The second kappa shape index (κ2) is 37.2. The summed E-state index contributed by atoms with van der Waals surface area (Å²) in [5, 5.41) is 30.9. The Hall–Kier alpha value is -1.35. The lowest BCUT2D eigenvalue weighted by Crippen LogP contribution is -2.60. The molecule has 0 saturated carbocycles. The van der Waals surface area contributed by atoms with Crippen LogP contribution >= 0.6 is 0 Å². The molecule has 1 heterocycles. The molecule has 350 valence electrons. The molecule has 0 aromatic rings. The number of aliphatic hydroxyl groups excluding tert-OH is 3. The highest BCUT2D eigenvalue weighted by molar-refractivity contribution is 7.85. The van der Waals surface area contributed by atoms with Crippen molar-refractivity contribution in [3.05, 3.63) is 0 Å². The third-order valence-electron chi connectivity index (χ3n) is 11.4. The van der Waals surface area contributed by atoms with Gasteiger partial charge in [0.05, 0.1) is 6.61 Å². The summed E-state index contributed by atoms with van der Waals surface area (Å²) in [6.07, 6.45) is 28.6. The van der Waals surface area contributed by atoms with E-state index in [1.54, 1.807) is 0 Å². The summed E-state index contributed by atoms with van der Waals surface area (Å²) in [4.78, 5) is 25.4. The number of esters is 2. The topological polar surface area (TPSA) is 186 Å². The lowest BCUT2D eigenvalue weighted by molar-refractivity contribution is -0.297. The van der Waals surface area contributed by atoms with E-state index in [1.165, 1.54) is 148 Å². The van der Waals surface area contributed by atoms with Gasteiger partial charge in [-0.1, -0.05) is 200 Å². The molecular formula is C46H88O12S. The van der Waals surface area contributed by atoms with Crippen molar-refractivity contribution in [3.8, 4) is 0 Å². The van der Waals surface area contributed by atoms with Gasteiger partial charge in [-0.2, -0.15) is 8.42 Å². The maximum atomic E-state index is 12.8. The highest BCUT2D eigenvalue weighted by Gasteiger charge is 2.46. The Morgan fingerprint density at radius 1 is 0.508 bits per heavy atom. The van der Waals surface area contributed by atoms with Crippen molar-refractivity contribution in [2.75, 3.05) is 19.0 Å². The summed E-state index contributed by atoms with van der Waals surface area (Å²) in [7, 11) is -4.60. The van der Waals surface area contributed by atoms with Gasteiger partial charge >= 0.3 is 11.9 Å². The van der Waals surface area contributed by atoms with Crippen LogP contribution in [0.4, 0.5) is 0 Å². The van der Waals surface area contributed by atoms with Gasteiger partial charge < -0.3 is 34.3 Å². The fraction of sp³-hybridized carbons (Fsp3) is 0.957. The Balaban J connectivity index is 2.39. The van der Waals surface area contributed by atoms with Gasteiger partial charge in [0.15, 0.2) is 12.4 Å². The van der Waals surface area contributed by atoms with Crippen LogP contribution in [-0.2, 0) is 38.7 Å². The van der Waals surface area contributed by atoms with Gasteiger partial charge in [-0.25, -0.2) is 0 Å². The molecule has 1 aliphatic heterocycles. The van der Waals surface area contributed by atoms with E-state index in [9.17, 15) is 37.9 Å². The van der Waals surface area contributed by atoms with Gasteiger partial charge in [0, 0.05) is 12.8 Å². The highest BCUT2D eigenvalue weighted by Crippen LogP contribution is 2.24. The van der Waals surface area contributed by atoms with Gasteiger partial charge in [-0.05, 0) is 12.8 Å². The first-order chi connectivity index (χ1) is 28.5. The van der Waals surface area contributed by atoms with Crippen LogP contribution in [-0.4, -0.2) is 96.0 Å². The molecular weight excluding hydrogens is 777 g/mol. The van der Waals surface area contributed by atoms with Gasteiger partial charge in [-0.15, -0.1) is 0 Å². The zero-order chi connectivity index (χ0) is 43.4. The molecule has 0 bridgehead atoms. The summed E-state index contributed by atoms with van der Waals surface area (Å²) >= 11 is 0. The zero-order valence-corrected chi connectivity index (χ0v) is 38.2. The first kappa shape index (κ1) is 55.7. The molecule has 6 atom stereocenters. The van der Waals surface area contributed by atoms with E-state index in [2.05, 4.69) is 13.8 Å². The van der Waals surface area contributed by atoms with E-state index in [-0.39, 0.29) is 19.4 Å². The van der Waals surface area contributed by atoms with Crippen molar-refractivity contribution >= 4 is 22.1 Å². The van der Waals surface area contributed by atoms with Crippen LogP contribution < -0.4 is 0 Å². The molecule has 0 radical (unpaired) electrons. The molecule has 0 aromatic heterocycles. The normalized spacial score (nSPS) is 20.1. The molecule has 0 spiro atoms. The van der Waals surface area contributed by atoms with Gasteiger partial charge in [0.1, 0.15) is 36.8 Å². The van der Waals surface area contributed by atoms with Gasteiger partial charge in [-0.3, -0.25) is 14.1 Å². The Morgan fingerprint density at radius 3 is 1.24 bits per heavy atom. The van der Waals surface area contributed by atoms with Crippen molar-refractivity contribution in [2.45, 2.75) is 263 Å². The van der Waals surface area contributed by atoms with Crippen LogP contribution in [0.15, 0.2) is 0 Å². The van der Waals surface area contributed by atoms with E-state index >= 15 is 0 Å². The zero-order valence-electron chi connectivity index (χ0n) is 37.4. The van der Waals surface area contributed by atoms with E-state index in [0.717, 1.165) is 38.5 Å². The molecule has 6 unspecified atom stereocenters. The molecule has 0 aliphatic carbocycles. The average molecular weight is 865 g/mol. The Kier molecular flexibility index (Phi) is 35.1. The summed E-state index contributed by atoms with van der Waals surface area (Å²) < 4.78 is 54.1. The number of hydrogen-bond acceptors (Lipinski definition) is 11. The second-order valence-electron chi connectivity index (χ2n) is 17.1. The standard InChI is InChI=1S/C46H88O12S/c1-3-5-7-9-11-13-15-17-18-19-20-21-23-25-27-29-31-33-35-42(48)57-39(37-56-46-45(51)44(50)43(49)40(58-46)38-59(52,53)54)36-55-41(47)34-32-30-28-26-24-22-16-14-12-10-8-6-4-2/h39-40,43-46,49-51H,3-38H2,1-2H3,(H,52,53,54). The maximum absolute atomic E-state index is 12.8. The van der Waals surface area contributed by atoms with Crippen LogP contribution in [0.1, 0.15) is 226 Å². The molecule has 59 heavy (non-hydrogen) atoms.